The number of thiazole rings is 1. The smallest absolute Gasteiger partial charge is 0.387 e. The Hall–Kier alpha value is -2.24. The van der Waals surface area contributed by atoms with Gasteiger partial charge in [-0.1, -0.05) is 35.2 Å². The number of halogens is 2. The van der Waals surface area contributed by atoms with Crippen molar-refractivity contribution >= 4 is 39.3 Å². The zero-order chi connectivity index (χ0) is 20.1. The van der Waals surface area contributed by atoms with Crippen LogP contribution in [-0.2, 0) is 5.75 Å². The summed E-state index contributed by atoms with van der Waals surface area (Å²) in [5.74, 6) is 1.23. The number of nitrogens with one attached hydrogen (secondary N) is 1. The first-order valence-corrected chi connectivity index (χ1v) is 10.0. The highest BCUT2D eigenvalue weighted by molar-refractivity contribution is 7.98. The van der Waals surface area contributed by atoms with Gasteiger partial charge in [0.25, 0.3) is 5.19 Å². The molecule has 0 spiro atoms. The summed E-state index contributed by atoms with van der Waals surface area (Å²) in [4.78, 5) is 13.3. The Balaban J connectivity index is 1.78. The molecule has 0 aliphatic heterocycles. The third-order valence-corrected chi connectivity index (χ3v) is 5.49. The van der Waals surface area contributed by atoms with E-state index in [0.29, 0.717) is 27.6 Å². The van der Waals surface area contributed by atoms with Gasteiger partial charge in [-0.2, -0.15) is 13.8 Å². The van der Waals surface area contributed by atoms with Crippen molar-refractivity contribution in [3.63, 3.8) is 0 Å². The van der Waals surface area contributed by atoms with E-state index < -0.39 is 6.61 Å². The zero-order valence-electron chi connectivity index (χ0n) is 15.1. The van der Waals surface area contributed by atoms with Crippen molar-refractivity contribution in [2.45, 2.75) is 30.5 Å². The van der Waals surface area contributed by atoms with Gasteiger partial charge in [-0.25, -0.2) is 9.97 Å². The highest BCUT2D eigenvalue weighted by Crippen LogP contribution is 2.34. The molecule has 0 radical (unpaired) electrons. The van der Waals surface area contributed by atoms with E-state index in [-0.39, 0.29) is 18.4 Å². The summed E-state index contributed by atoms with van der Waals surface area (Å²) in [5.41, 5.74) is 1.41. The molecule has 0 saturated heterocycles. The zero-order valence-corrected chi connectivity index (χ0v) is 16.7. The maximum Gasteiger partial charge on any atom is 0.387 e. The van der Waals surface area contributed by atoms with Crippen LogP contribution in [0.1, 0.15) is 12.5 Å². The van der Waals surface area contributed by atoms with E-state index >= 15 is 0 Å². The average molecular weight is 428 g/mol. The summed E-state index contributed by atoms with van der Waals surface area (Å²) >= 11 is 2.70. The molecular formula is C17H18F2N4O3S2. The summed E-state index contributed by atoms with van der Waals surface area (Å²) in [7, 11) is 1.53. The number of hydrogen-bond donors (Lipinski definition) is 2. The summed E-state index contributed by atoms with van der Waals surface area (Å²) in [6, 6.07) is 6.22. The number of ether oxygens (including phenoxy) is 2. The second kappa shape index (κ2) is 9.30. The van der Waals surface area contributed by atoms with E-state index in [1.165, 1.54) is 42.3 Å². The Morgan fingerprint density at radius 2 is 1.96 bits per heavy atom. The van der Waals surface area contributed by atoms with Crippen molar-refractivity contribution in [2.24, 2.45) is 0 Å². The molecular weight excluding hydrogens is 410 g/mol. The Bertz CT molecular complexity index is 925. The molecule has 0 fully saturated rings. The number of methoxy groups -OCH3 is 1. The minimum Gasteiger partial charge on any atom is -0.473 e. The first kappa shape index (κ1) is 20.5. The SMILES string of the molecule is COc1nc2nc(SCc3ccc(OC(F)F)cc3)nc(N[C@H](C)CO)c2s1. The quantitative estimate of drug-likeness (QED) is 0.393. The second-order valence-electron chi connectivity index (χ2n) is 5.73. The normalized spacial score (nSPS) is 12.4. The first-order valence-electron chi connectivity index (χ1n) is 8.25. The van der Waals surface area contributed by atoms with Gasteiger partial charge in [-0.3, -0.25) is 0 Å². The van der Waals surface area contributed by atoms with Crippen LogP contribution < -0.4 is 14.8 Å². The van der Waals surface area contributed by atoms with E-state index in [0.717, 1.165) is 10.3 Å². The molecule has 2 N–H and O–H groups in total. The number of benzene rings is 1. The second-order valence-corrected chi connectivity index (χ2v) is 7.63. The van der Waals surface area contributed by atoms with Crippen LogP contribution in [0.5, 0.6) is 10.9 Å². The molecule has 3 rings (SSSR count). The molecule has 7 nitrogen and oxygen atoms in total. The maximum atomic E-state index is 12.2. The molecule has 2 aromatic heterocycles. The molecule has 0 saturated carbocycles. The van der Waals surface area contributed by atoms with Crippen LogP contribution in [0.4, 0.5) is 14.6 Å². The highest BCUT2D eigenvalue weighted by Gasteiger charge is 2.16. The molecule has 1 atom stereocenters. The third-order valence-electron chi connectivity index (χ3n) is 3.56. The van der Waals surface area contributed by atoms with Gasteiger partial charge in [0.15, 0.2) is 16.6 Å². The van der Waals surface area contributed by atoms with Crippen LogP contribution in [-0.4, -0.2) is 46.4 Å². The summed E-state index contributed by atoms with van der Waals surface area (Å²) in [6.07, 6.45) is 0. The molecule has 0 amide bonds. The maximum absolute atomic E-state index is 12.2. The van der Waals surface area contributed by atoms with Gasteiger partial charge in [0.2, 0.25) is 0 Å². The molecule has 0 unspecified atom stereocenters. The molecule has 28 heavy (non-hydrogen) atoms. The lowest BCUT2D eigenvalue weighted by Crippen LogP contribution is -2.20. The molecule has 3 aromatic rings. The minimum atomic E-state index is -2.84. The van der Waals surface area contributed by atoms with Crippen LogP contribution in [0.3, 0.4) is 0 Å². The van der Waals surface area contributed by atoms with Crippen LogP contribution in [0.2, 0.25) is 0 Å². The van der Waals surface area contributed by atoms with Gasteiger partial charge in [-0.05, 0) is 24.6 Å². The molecule has 0 aliphatic rings. The molecule has 0 bridgehead atoms. The van der Waals surface area contributed by atoms with Crippen molar-refractivity contribution in [3.05, 3.63) is 29.8 Å². The van der Waals surface area contributed by atoms with E-state index in [9.17, 15) is 13.9 Å². The van der Waals surface area contributed by atoms with Crippen LogP contribution in [0.15, 0.2) is 29.4 Å². The Labute approximate surface area is 168 Å². The van der Waals surface area contributed by atoms with E-state index in [1.54, 1.807) is 12.1 Å². The van der Waals surface area contributed by atoms with Gasteiger partial charge in [0, 0.05) is 11.8 Å². The number of fused-ring (bicyclic) bond motifs is 1. The number of aliphatic hydroxyl groups is 1. The lowest BCUT2D eigenvalue weighted by atomic mass is 10.2. The van der Waals surface area contributed by atoms with Gasteiger partial charge < -0.3 is 19.9 Å². The fraction of sp³-hybridized carbons (Fsp3) is 0.353. The number of nitrogens with zero attached hydrogens (tertiary/aromatic N) is 3. The largest absolute Gasteiger partial charge is 0.473 e. The minimum absolute atomic E-state index is 0.0447. The summed E-state index contributed by atoms with van der Waals surface area (Å²) in [5, 5.41) is 13.4. The average Bonchev–Trinajstić information content (AvgIpc) is 3.10. The number of hydrogen-bond acceptors (Lipinski definition) is 9. The number of aromatic nitrogens is 3. The number of thioether (sulfide) groups is 1. The monoisotopic (exact) mass is 428 g/mol. The van der Waals surface area contributed by atoms with Crippen LogP contribution >= 0.6 is 23.1 Å². The summed E-state index contributed by atoms with van der Waals surface area (Å²) < 4.78 is 34.7. The topological polar surface area (TPSA) is 89.4 Å². The molecule has 0 aliphatic carbocycles. The Morgan fingerprint density at radius 3 is 2.61 bits per heavy atom. The van der Waals surface area contributed by atoms with Crippen molar-refractivity contribution in [3.8, 4) is 10.9 Å². The number of aliphatic hydroxyl groups excluding tert-OH is 1. The predicted octanol–water partition coefficient (Wildman–Crippen LogP) is 3.78. The van der Waals surface area contributed by atoms with Crippen molar-refractivity contribution in [2.75, 3.05) is 19.0 Å². The fourth-order valence-corrected chi connectivity index (χ4v) is 3.80. The van der Waals surface area contributed by atoms with Gasteiger partial charge >= 0.3 is 6.61 Å². The standard InChI is InChI=1S/C17H18F2N4O3S2/c1-9(7-24)20-13-12-14(23-17(25-2)28-12)22-16(21-13)27-8-10-3-5-11(6-4-10)26-15(18)19/h3-6,9,15,24H,7-8H2,1-2H3,(H,20,21,22)/t9-/m1/s1. The lowest BCUT2D eigenvalue weighted by Gasteiger charge is -2.12. The van der Waals surface area contributed by atoms with Crippen LogP contribution in [0.25, 0.3) is 10.3 Å². The Morgan fingerprint density at radius 1 is 1.21 bits per heavy atom. The fourth-order valence-electron chi connectivity index (χ4n) is 2.23. The molecule has 1 aromatic carbocycles. The molecule has 11 heteroatoms. The molecule has 150 valence electrons. The van der Waals surface area contributed by atoms with E-state index in [1.807, 2.05) is 6.92 Å². The highest BCUT2D eigenvalue weighted by atomic mass is 32.2. The van der Waals surface area contributed by atoms with Gasteiger partial charge in [-0.15, -0.1) is 0 Å². The first-order chi connectivity index (χ1) is 13.5. The summed E-state index contributed by atoms with van der Waals surface area (Å²) in [6.45, 7) is -1.05. The third kappa shape index (κ3) is 5.18. The van der Waals surface area contributed by atoms with Crippen molar-refractivity contribution < 1.29 is 23.4 Å². The van der Waals surface area contributed by atoms with Gasteiger partial charge in [0.05, 0.1) is 13.7 Å². The number of alkyl halides is 2. The Kier molecular flexibility index (Phi) is 6.81. The van der Waals surface area contributed by atoms with Crippen molar-refractivity contribution in [1.82, 2.24) is 15.0 Å². The van der Waals surface area contributed by atoms with Crippen LogP contribution in [0, 0.1) is 0 Å². The van der Waals surface area contributed by atoms with E-state index in [2.05, 4.69) is 25.0 Å². The lowest BCUT2D eigenvalue weighted by molar-refractivity contribution is -0.0498. The number of anilines is 1. The predicted molar refractivity (Wildman–Crippen MR) is 105 cm³/mol. The molecule has 2 heterocycles. The van der Waals surface area contributed by atoms with Gasteiger partial charge in [0.1, 0.15) is 10.4 Å². The van der Waals surface area contributed by atoms with E-state index in [4.69, 9.17) is 4.74 Å². The van der Waals surface area contributed by atoms with Crippen molar-refractivity contribution in [1.29, 1.82) is 0 Å². The number of rotatable bonds is 9.